The molecule has 0 fully saturated rings. The summed E-state index contributed by atoms with van der Waals surface area (Å²) in [4.78, 5) is 20.3. The van der Waals surface area contributed by atoms with Crippen LogP contribution in [0.5, 0.6) is 0 Å². The summed E-state index contributed by atoms with van der Waals surface area (Å²) >= 11 is 0. The number of esters is 1. The van der Waals surface area contributed by atoms with Crippen molar-refractivity contribution in [1.29, 1.82) is 0 Å². The normalized spacial score (nSPS) is 12.2. The molecule has 12 heavy (non-hydrogen) atoms. The van der Waals surface area contributed by atoms with E-state index in [0.717, 1.165) is 0 Å². The molecule has 1 atom stereocenters. The summed E-state index contributed by atoms with van der Waals surface area (Å²) in [5, 5.41) is 8.65. The molecule has 0 aliphatic heterocycles. The van der Waals surface area contributed by atoms with Gasteiger partial charge in [0.25, 0.3) is 0 Å². The molecule has 0 radical (unpaired) electrons. The van der Waals surface area contributed by atoms with Crippen molar-refractivity contribution in [2.24, 2.45) is 0 Å². The minimum absolute atomic E-state index is 0.00771. The number of carbonyl (C=O) groups is 2. The molecule has 0 spiro atoms. The van der Waals surface area contributed by atoms with E-state index in [2.05, 4.69) is 9.47 Å². The number of hydrogen-bond acceptors (Lipinski definition) is 5. The maximum Gasteiger partial charge on any atom is 0.334 e. The van der Waals surface area contributed by atoms with Gasteiger partial charge >= 0.3 is 5.97 Å². The van der Waals surface area contributed by atoms with Crippen LogP contribution in [0, 0.1) is 0 Å². The first-order chi connectivity index (χ1) is 5.68. The zero-order valence-electron chi connectivity index (χ0n) is 6.86. The van der Waals surface area contributed by atoms with E-state index in [1.807, 2.05) is 0 Å². The smallest absolute Gasteiger partial charge is 0.334 e. The third-order valence-corrected chi connectivity index (χ3v) is 0.999. The van der Waals surface area contributed by atoms with Crippen molar-refractivity contribution in [2.45, 2.75) is 13.0 Å². The van der Waals surface area contributed by atoms with Gasteiger partial charge in [0, 0.05) is 0 Å². The Morgan fingerprint density at radius 3 is 2.75 bits per heavy atom. The Hall–Kier alpha value is -0.940. The molecule has 0 aliphatic carbocycles. The van der Waals surface area contributed by atoms with E-state index in [1.54, 1.807) is 0 Å². The summed E-state index contributed by atoms with van der Waals surface area (Å²) in [6.45, 7) is 1.52. The minimum atomic E-state index is -1.11. The van der Waals surface area contributed by atoms with Crippen molar-refractivity contribution in [1.82, 2.24) is 0 Å². The number of hydrogen-bond donors (Lipinski definition) is 1. The number of aldehydes is 1. The molecule has 0 aromatic carbocycles. The topological polar surface area (TPSA) is 72.8 Å². The second kappa shape index (κ2) is 6.75. The van der Waals surface area contributed by atoms with E-state index in [-0.39, 0.29) is 19.8 Å². The highest BCUT2D eigenvalue weighted by molar-refractivity contribution is 5.73. The van der Waals surface area contributed by atoms with Crippen LogP contribution in [0.25, 0.3) is 0 Å². The second-order valence-corrected chi connectivity index (χ2v) is 2.09. The van der Waals surface area contributed by atoms with Crippen molar-refractivity contribution >= 4 is 12.3 Å². The Morgan fingerprint density at radius 1 is 1.58 bits per heavy atom. The molecule has 1 unspecified atom stereocenters. The van der Waals surface area contributed by atoms with Gasteiger partial charge in [-0.1, -0.05) is 0 Å². The maximum atomic E-state index is 10.6. The van der Waals surface area contributed by atoms with Crippen LogP contribution in [0.15, 0.2) is 0 Å². The summed E-state index contributed by atoms with van der Waals surface area (Å²) in [7, 11) is 0. The quantitative estimate of drug-likeness (QED) is 0.323. The van der Waals surface area contributed by atoms with Crippen molar-refractivity contribution in [3.63, 3.8) is 0 Å². The number of aliphatic hydroxyl groups is 1. The number of aliphatic hydroxyl groups excluding tert-OH is 1. The monoisotopic (exact) mass is 176 g/mol. The van der Waals surface area contributed by atoms with E-state index in [0.29, 0.717) is 6.29 Å². The second-order valence-electron chi connectivity index (χ2n) is 2.09. The van der Waals surface area contributed by atoms with Crippen LogP contribution in [0.4, 0.5) is 0 Å². The fourth-order valence-electron chi connectivity index (χ4n) is 0.453. The van der Waals surface area contributed by atoms with Crippen molar-refractivity contribution in [3.05, 3.63) is 0 Å². The standard InChI is InChI=1S/C7H12O5/c1-6(9)7(10)12-5-4-11-3-2-8/h2,6,9H,3-5H2,1H3. The van der Waals surface area contributed by atoms with Crippen LogP contribution in [-0.4, -0.2) is 43.3 Å². The molecule has 0 aromatic heterocycles. The molecule has 0 bridgehead atoms. The van der Waals surface area contributed by atoms with Gasteiger partial charge < -0.3 is 19.4 Å². The molecule has 5 heteroatoms. The van der Waals surface area contributed by atoms with Crippen LogP contribution < -0.4 is 0 Å². The van der Waals surface area contributed by atoms with Crippen molar-refractivity contribution < 1.29 is 24.2 Å². The lowest BCUT2D eigenvalue weighted by Crippen LogP contribution is -2.21. The summed E-state index contributed by atoms with van der Waals surface area (Å²) < 4.78 is 9.21. The van der Waals surface area contributed by atoms with Crippen molar-refractivity contribution in [2.75, 3.05) is 19.8 Å². The summed E-state index contributed by atoms with van der Waals surface area (Å²) in [6.07, 6.45) is -0.507. The highest BCUT2D eigenvalue weighted by Gasteiger charge is 2.08. The van der Waals surface area contributed by atoms with Gasteiger partial charge in [-0.3, -0.25) is 0 Å². The third kappa shape index (κ3) is 5.82. The molecule has 0 saturated carbocycles. The molecule has 0 aromatic rings. The highest BCUT2D eigenvalue weighted by Crippen LogP contribution is 1.86. The first-order valence-corrected chi connectivity index (χ1v) is 3.54. The summed E-state index contributed by atoms with van der Waals surface area (Å²) in [5.74, 6) is -0.690. The van der Waals surface area contributed by atoms with E-state index in [9.17, 15) is 9.59 Å². The number of carbonyl (C=O) groups excluding carboxylic acids is 2. The average Bonchev–Trinajstić information content (AvgIpc) is 2.03. The van der Waals surface area contributed by atoms with Gasteiger partial charge in [0.1, 0.15) is 25.6 Å². The molecular formula is C7H12O5. The number of rotatable bonds is 6. The Kier molecular flexibility index (Phi) is 6.22. The molecule has 0 aliphatic rings. The minimum Gasteiger partial charge on any atom is -0.461 e. The lowest BCUT2D eigenvalue weighted by molar-refractivity contribution is -0.154. The predicted molar refractivity (Wildman–Crippen MR) is 39.5 cm³/mol. The van der Waals surface area contributed by atoms with Crippen LogP contribution >= 0.6 is 0 Å². The largest absolute Gasteiger partial charge is 0.461 e. The van der Waals surface area contributed by atoms with Crippen molar-refractivity contribution in [3.8, 4) is 0 Å². The molecule has 0 heterocycles. The third-order valence-electron chi connectivity index (χ3n) is 0.999. The predicted octanol–water partition coefficient (Wildman–Crippen LogP) is -0.874. The van der Waals surface area contributed by atoms with Gasteiger partial charge in [0.05, 0.1) is 6.61 Å². The first-order valence-electron chi connectivity index (χ1n) is 3.54. The fourth-order valence-corrected chi connectivity index (χ4v) is 0.453. The van der Waals surface area contributed by atoms with Gasteiger partial charge in [-0.05, 0) is 6.92 Å². The van der Waals surface area contributed by atoms with E-state index in [1.165, 1.54) is 6.92 Å². The van der Waals surface area contributed by atoms with Gasteiger partial charge in [-0.2, -0.15) is 0 Å². The lowest BCUT2D eigenvalue weighted by atomic mass is 10.4. The summed E-state index contributed by atoms with van der Waals surface area (Å²) in [5.41, 5.74) is 0. The Morgan fingerprint density at radius 2 is 2.25 bits per heavy atom. The van der Waals surface area contributed by atoms with Gasteiger partial charge in [-0.15, -0.1) is 0 Å². The maximum absolute atomic E-state index is 10.6. The van der Waals surface area contributed by atoms with E-state index >= 15 is 0 Å². The van der Waals surface area contributed by atoms with Crippen LogP contribution in [0.1, 0.15) is 6.92 Å². The molecule has 0 saturated heterocycles. The molecular weight excluding hydrogens is 164 g/mol. The molecule has 5 nitrogen and oxygen atoms in total. The zero-order chi connectivity index (χ0) is 9.40. The van der Waals surface area contributed by atoms with Crippen LogP contribution in [0.3, 0.4) is 0 Å². The molecule has 0 rings (SSSR count). The Labute approximate surface area is 70.3 Å². The van der Waals surface area contributed by atoms with Crippen LogP contribution in [0.2, 0.25) is 0 Å². The highest BCUT2D eigenvalue weighted by atomic mass is 16.6. The lowest BCUT2D eigenvalue weighted by Gasteiger charge is -2.05. The molecule has 1 N–H and O–H groups in total. The SMILES string of the molecule is CC(O)C(=O)OCCOCC=O. The fraction of sp³-hybridized carbons (Fsp3) is 0.714. The van der Waals surface area contributed by atoms with E-state index < -0.39 is 12.1 Å². The first kappa shape index (κ1) is 11.1. The zero-order valence-corrected chi connectivity index (χ0v) is 6.86. The van der Waals surface area contributed by atoms with Gasteiger partial charge in [-0.25, -0.2) is 4.79 Å². The average molecular weight is 176 g/mol. The molecule has 0 amide bonds. The van der Waals surface area contributed by atoms with Gasteiger partial charge in [0.15, 0.2) is 0 Å². The summed E-state index contributed by atoms with van der Waals surface area (Å²) in [6, 6.07) is 0. The Bertz CT molecular complexity index is 143. The van der Waals surface area contributed by atoms with E-state index in [4.69, 9.17) is 5.11 Å². The molecule has 70 valence electrons. The number of ether oxygens (including phenoxy) is 2. The Balaban J connectivity index is 3.19. The van der Waals surface area contributed by atoms with Crippen LogP contribution in [-0.2, 0) is 19.1 Å². The van der Waals surface area contributed by atoms with Gasteiger partial charge in [0.2, 0.25) is 0 Å².